The summed E-state index contributed by atoms with van der Waals surface area (Å²) in [6, 6.07) is -0.158. The van der Waals surface area contributed by atoms with Crippen molar-refractivity contribution >= 4 is 17.8 Å². The lowest BCUT2D eigenvalue weighted by Crippen LogP contribution is -2.56. The number of ether oxygens (including phenoxy) is 4. The Kier molecular flexibility index (Phi) is 10.1. The van der Waals surface area contributed by atoms with Crippen LogP contribution in [-0.2, 0) is 33.3 Å². The van der Waals surface area contributed by atoms with E-state index in [1.165, 1.54) is 19.1 Å². The second kappa shape index (κ2) is 12.7. The number of epoxide rings is 1. The molecule has 0 bridgehead atoms. The third-order valence-electron chi connectivity index (χ3n) is 7.36. The minimum absolute atomic E-state index is 0.0589. The van der Waals surface area contributed by atoms with Crippen LogP contribution < -0.4 is 5.32 Å². The van der Waals surface area contributed by atoms with Gasteiger partial charge in [-0.05, 0) is 45.6 Å². The number of carboxylic acid groups (broad SMARTS) is 1. The Morgan fingerprint density at radius 2 is 1.90 bits per heavy atom. The van der Waals surface area contributed by atoms with Crippen LogP contribution in [0.15, 0.2) is 36.0 Å². The first-order chi connectivity index (χ1) is 18.2. The van der Waals surface area contributed by atoms with Gasteiger partial charge in [-0.3, -0.25) is 14.4 Å². The van der Waals surface area contributed by atoms with Crippen LogP contribution in [0.5, 0.6) is 0 Å². The van der Waals surface area contributed by atoms with E-state index in [2.05, 4.69) is 12.2 Å². The summed E-state index contributed by atoms with van der Waals surface area (Å²) >= 11 is 0. The third kappa shape index (κ3) is 8.71. The molecule has 3 aliphatic heterocycles. The molecule has 0 saturated carbocycles. The molecule has 3 saturated heterocycles. The Balaban J connectivity index is 1.52. The monoisotopic (exact) mass is 551 g/mol. The Morgan fingerprint density at radius 3 is 2.51 bits per heavy atom. The summed E-state index contributed by atoms with van der Waals surface area (Å²) < 4.78 is 22.2. The van der Waals surface area contributed by atoms with Gasteiger partial charge >= 0.3 is 11.9 Å². The number of aliphatic hydroxyl groups excluding tert-OH is 1. The predicted octanol–water partition coefficient (Wildman–Crippen LogP) is 1.77. The molecule has 0 aliphatic carbocycles. The number of aliphatic hydroxyl groups is 2. The van der Waals surface area contributed by atoms with Gasteiger partial charge in [0.25, 0.3) is 0 Å². The molecule has 1 spiro atoms. The number of hydrogen-bond donors (Lipinski definition) is 4. The number of hydrogen-bond acceptors (Lipinski definition) is 9. The van der Waals surface area contributed by atoms with Crippen molar-refractivity contribution in [1.82, 2.24) is 5.32 Å². The largest absolute Gasteiger partial charge is 0.481 e. The van der Waals surface area contributed by atoms with E-state index >= 15 is 0 Å². The maximum absolute atomic E-state index is 12.3. The molecule has 0 radical (unpaired) electrons. The first-order valence-corrected chi connectivity index (χ1v) is 13.3. The van der Waals surface area contributed by atoms with Crippen LogP contribution in [0.2, 0.25) is 0 Å². The molecule has 11 heteroatoms. The second-order valence-electron chi connectivity index (χ2n) is 11.0. The standard InChI is InChI=1S/C28H41NO10/c1-16(7-10-23-26(34)27(15-36-27)14-28(35,39-23)13-25(32)33)6-9-22-17(2)12-21(19(4)38-22)29-24(31)11-8-18(3)37-20(5)30/h6-8,10-11,17-19,21-23,26,34-35H,9,12-15H2,1-5H3,(H,29,31)(H,32,33)/b10-7+,11-8-,16-6+/t17-,18-,19+,21?,22-,23+,26+,27+,28?/m0/s1. The number of carbonyl (C=O) groups excluding carboxylic acids is 2. The first-order valence-electron chi connectivity index (χ1n) is 13.3. The van der Waals surface area contributed by atoms with Gasteiger partial charge in [0.2, 0.25) is 5.91 Å². The van der Waals surface area contributed by atoms with Crippen LogP contribution in [0.4, 0.5) is 0 Å². The van der Waals surface area contributed by atoms with Gasteiger partial charge < -0.3 is 39.6 Å². The molecule has 0 aromatic rings. The number of amides is 1. The average molecular weight is 552 g/mol. The SMILES string of the molecule is CC(=O)O[C@@H](C)/C=C\C(=O)NC1C[C@H](C)[C@H](C/C=C(C)/C=C/[C@H]2OC(O)(CC(=O)O)C[C@@]3(CO3)[C@@H]2O)O[C@@H]1C. The first kappa shape index (κ1) is 31.0. The normalized spacial score (nSPS) is 37.7. The molecule has 11 nitrogen and oxygen atoms in total. The molecule has 3 fully saturated rings. The zero-order chi connectivity index (χ0) is 29.0. The lowest BCUT2D eigenvalue weighted by Gasteiger charge is -2.41. The maximum atomic E-state index is 12.3. The lowest BCUT2D eigenvalue weighted by molar-refractivity contribution is -0.284. The summed E-state index contributed by atoms with van der Waals surface area (Å²) in [5.74, 6) is -3.64. The van der Waals surface area contributed by atoms with Gasteiger partial charge in [0.15, 0.2) is 5.79 Å². The van der Waals surface area contributed by atoms with Gasteiger partial charge in [-0.25, -0.2) is 0 Å². The average Bonchev–Trinajstić information content (AvgIpc) is 3.59. The number of aliphatic carboxylic acids is 1. The van der Waals surface area contributed by atoms with Gasteiger partial charge in [-0.2, -0.15) is 0 Å². The fourth-order valence-electron chi connectivity index (χ4n) is 5.17. The lowest BCUT2D eigenvalue weighted by atomic mass is 9.85. The van der Waals surface area contributed by atoms with E-state index < -0.39 is 48.1 Å². The van der Waals surface area contributed by atoms with Crippen molar-refractivity contribution in [2.75, 3.05) is 6.61 Å². The molecule has 3 rings (SSSR count). The Morgan fingerprint density at radius 1 is 1.21 bits per heavy atom. The summed E-state index contributed by atoms with van der Waals surface area (Å²) in [7, 11) is 0. The highest BCUT2D eigenvalue weighted by Gasteiger charge is 2.62. The highest BCUT2D eigenvalue weighted by Crippen LogP contribution is 2.46. The molecule has 1 amide bonds. The molecular weight excluding hydrogens is 510 g/mol. The van der Waals surface area contributed by atoms with Crippen molar-refractivity contribution in [3.8, 4) is 0 Å². The van der Waals surface area contributed by atoms with Crippen molar-refractivity contribution < 1.29 is 48.7 Å². The topological polar surface area (TPSA) is 164 Å². The quantitative estimate of drug-likeness (QED) is 0.136. The fourth-order valence-corrected chi connectivity index (χ4v) is 5.17. The van der Waals surface area contributed by atoms with Crippen LogP contribution in [0.25, 0.3) is 0 Å². The van der Waals surface area contributed by atoms with Gasteiger partial charge in [0, 0.05) is 19.4 Å². The van der Waals surface area contributed by atoms with Crippen molar-refractivity contribution in [2.24, 2.45) is 5.92 Å². The Labute approximate surface area is 228 Å². The van der Waals surface area contributed by atoms with Crippen molar-refractivity contribution in [3.05, 3.63) is 36.0 Å². The molecule has 9 atom stereocenters. The van der Waals surface area contributed by atoms with Crippen molar-refractivity contribution in [1.29, 1.82) is 0 Å². The van der Waals surface area contributed by atoms with Crippen molar-refractivity contribution in [3.63, 3.8) is 0 Å². The molecular formula is C28H41NO10. The summed E-state index contributed by atoms with van der Waals surface area (Å²) in [5, 5.41) is 33.4. The van der Waals surface area contributed by atoms with Crippen LogP contribution in [0, 0.1) is 5.92 Å². The zero-order valence-corrected chi connectivity index (χ0v) is 23.2. The third-order valence-corrected chi connectivity index (χ3v) is 7.36. The van der Waals surface area contributed by atoms with E-state index in [9.17, 15) is 24.6 Å². The summed E-state index contributed by atoms with van der Waals surface area (Å²) in [4.78, 5) is 34.5. The molecule has 3 heterocycles. The molecule has 0 aromatic heterocycles. The van der Waals surface area contributed by atoms with Gasteiger partial charge in [0.05, 0.1) is 31.3 Å². The number of nitrogens with one attached hydrogen (secondary N) is 1. The number of esters is 1. The summed E-state index contributed by atoms with van der Waals surface area (Å²) in [5.41, 5.74) is -0.103. The second-order valence-corrected chi connectivity index (χ2v) is 11.0. The Hall–Kier alpha value is -2.57. The molecule has 0 aromatic carbocycles. The molecule has 4 N–H and O–H groups in total. The zero-order valence-electron chi connectivity index (χ0n) is 23.2. The number of carboxylic acids is 1. The van der Waals surface area contributed by atoms with Gasteiger partial charge in [-0.1, -0.05) is 30.7 Å². The van der Waals surface area contributed by atoms with E-state index in [1.54, 1.807) is 19.1 Å². The molecule has 39 heavy (non-hydrogen) atoms. The van der Waals surface area contributed by atoms with E-state index in [-0.39, 0.29) is 43.1 Å². The van der Waals surface area contributed by atoms with E-state index in [1.807, 2.05) is 19.9 Å². The molecule has 218 valence electrons. The van der Waals surface area contributed by atoms with Crippen LogP contribution in [-0.4, -0.2) is 87.7 Å². The summed E-state index contributed by atoms with van der Waals surface area (Å²) in [6.07, 6.45) is 6.23. The number of rotatable bonds is 10. The van der Waals surface area contributed by atoms with E-state index in [0.29, 0.717) is 6.42 Å². The van der Waals surface area contributed by atoms with Crippen LogP contribution >= 0.6 is 0 Å². The minimum Gasteiger partial charge on any atom is -0.481 e. The number of allylic oxidation sites excluding steroid dienone is 2. The molecule has 2 unspecified atom stereocenters. The fraction of sp³-hybridized carbons (Fsp3) is 0.679. The van der Waals surface area contributed by atoms with Crippen LogP contribution in [0.1, 0.15) is 60.3 Å². The smallest absolute Gasteiger partial charge is 0.308 e. The van der Waals surface area contributed by atoms with E-state index in [0.717, 1.165) is 12.0 Å². The van der Waals surface area contributed by atoms with Crippen LogP contribution in [0.3, 0.4) is 0 Å². The summed E-state index contributed by atoms with van der Waals surface area (Å²) in [6.45, 7) is 9.10. The van der Waals surface area contributed by atoms with Gasteiger partial charge in [-0.15, -0.1) is 0 Å². The molecule has 3 aliphatic rings. The highest BCUT2D eigenvalue weighted by molar-refractivity contribution is 5.87. The predicted molar refractivity (Wildman–Crippen MR) is 139 cm³/mol. The number of carbonyl (C=O) groups is 3. The maximum Gasteiger partial charge on any atom is 0.308 e. The van der Waals surface area contributed by atoms with Crippen molar-refractivity contribution in [2.45, 2.75) is 108 Å². The minimum atomic E-state index is -1.92. The Bertz CT molecular complexity index is 1000. The van der Waals surface area contributed by atoms with E-state index in [4.69, 9.17) is 24.1 Å². The van der Waals surface area contributed by atoms with Gasteiger partial charge in [0.1, 0.15) is 23.9 Å². The highest BCUT2D eigenvalue weighted by atomic mass is 16.7.